The van der Waals surface area contributed by atoms with Crippen LogP contribution in [-0.4, -0.2) is 21.1 Å². The maximum Gasteiger partial charge on any atom is 0.0992 e. The number of benzene rings is 12. The van der Waals surface area contributed by atoms with Crippen LogP contribution in [0.15, 0.2) is 309 Å². The summed E-state index contributed by atoms with van der Waals surface area (Å²) < 4.78 is 0. The minimum Gasteiger partial charge on any atom is -0.345 e. The monoisotopic (exact) mass is 1160 g/mol. The lowest BCUT2D eigenvalue weighted by Crippen LogP contribution is -2.12. The highest BCUT2D eigenvalue weighted by molar-refractivity contribution is 5.81. The average Bonchev–Trinajstić information content (AvgIpc) is 3.77. The predicted octanol–water partition coefficient (Wildman–Crippen LogP) is 21.7. The molecule has 0 aliphatic heterocycles. The molecule has 8 nitrogen and oxygen atoms in total. The molecule has 12 aromatic carbocycles. The van der Waals surface area contributed by atoms with Gasteiger partial charge in [0.2, 0.25) is 0 Å². The summed E-state index contributed by atoms with van der Waals surface area (Å²) in [6.07, 6.45) is 0. The molecule has 436 valence electrons. The fourth-order valence-electron chi connectivity index (χ4n) is 10.4. The Morgan fingerprint density at radius 2 is 0.404 bits per heavy atom. The van der Waals surface area contributed by atoms with Crippen molar-refractivity contribution in [2.75, 3.05) is 50.5 Å². The van der Waals surface area contributed by atoms with E-state index in [1.54, 1.807) is 0 Å². The van der Waals surface area contributed by atoms with Gasteiger partial charge in [0, 0.05) is 106 Å². The van der Waals surface area contributed by atoms with Crippen molar-refractivity contribution in [1.82, 2.24) is 0 Å². The lowest BCUT2D eigenvalue weighted by atomic mass is 10.1. The summed E-state index contributed by atoms with van der Waals surface area (Å²) in [5.74, 6) is 0. The van der Waals surface area contributed by atoms with Crippen molar-refractivity contribution >= 4 is 85.3 Å². The second-order valence-corrected chi connectivity index (χ2v) is 21.9. The molecule has 0 saturated heterocycles. The van der Waals surface area contributed by atoms with Crippen molar-refractivity contribution in [2.24, 2.45) is 0 Å². The van der Waals surface area contributed by atoms with Crippen LogP contribution in [-0.2, 0) is 0 Å². The Bertz CT molecular complexity index is 4200. The predicted molar refractivity (Wildman–Crippen MR) is 375 cm³/mol. The third-order valence-electron chi connectivity index (χ3n) is 15.6. The molecule has 0 spiro atoms. The number of nitriles is 2. The Morgan fingerprint density at radius 1 is 0.202 bits per heavy atom. The van der Waals surface area contributed by atoms with E-state index in [0.717, 1.165) is 79.6 Å². The fourth-order valence-corrected chi connectivity index (χ4v) is 10.4. The van der Waals surface area contributed by atoms with Gasteiger partial charge in [-0.3, -0.25) is 0 Å². The minimum atomic E-state index is 0.658. The normalized spacial score (nSPS) is 10.4. The molecule has 0 fully saturated rings. The molecule has 0 radical (unpaired) electrons. The van der Waals surface area contributed by atoms with Crippen LogP contribution in [0.2, 0.25) is 0 Å². The highest BCUT2D eigenvalue weighted by atomic mass is 15.2. The molecule has 89 heavy (non-hydrogen) atoms. The standard InChI is InChI=1S/2C27H23N3.C27H26N2/c1-21-11-13-25(14-12-21)30(24-8-4-3-5-9-24)26-17-15-23(16-18-26)29(2)27-10-6-7-22(19-27)20-28;1-21-8-12-26(13-9-21)30(25-6-4-3-5-7-25)27-18-16-24(17-19-27)29(2)23-14-10-22(20-28)11-15-23;1-21-9-13-25(14-10-21)29(26-15-11-22(2)12-16-26)27-19-17-24(18-20-27)28(3)23-7-5-4-6-8-23/h2*3-19H,1-2H3;4-20H,1-3H3. The van der Waals surface area contributed by atoms with Crippen LogP contribution in [0.3, 0.4) is 0 Å². The molecule has 0 aromatic heterocycles. The topological polar surface area (TPSA) is 67.0 Å². The number of para-hydroxylation sites is 3. The fraction of sp³-hybridized carbons (Fsp3) is 0.0864. The molecule has 12 aromatic rings. The second kappa shape index (κ2) is 29.0. The molecule has 0 atom stereocenters. The van der Waals surface area contributed by atoms with Crippen molar-refractivity contribution in [2.45, 2.75) is 27.7 Å². The van der Waals surface area contributed by atoms with Gasteiger partial charge in [-0.2, -0.15) is 10.5 Å². The van der Waals surface area contributed by atoms with Gasteiger partial charge in [0.25, 0.3) is 0 Å². The number of anilines is 15. The van der Waals surface area contributed by atoms with Gasteiger partial charge in [-0.05, 0) is 228 Å². The number of hydrogen-bond acceptors (Lipinski definition) is 8. The zero-order valence-corrected chi connectivity index (χ0v) is 51.5. The van der Waals surface area contributed by atoms with Gasteiger partial charge >= 0.3 is 0 Å². The first kappa shape index (κ1) is 60.5. The maximum absolute atomic E-state index is 9.17. The van der Waals surface area contributed by atoms with E-state index < -0.39 is 0 Å². The summed E-state index contributed by atoms with van der Waals surface area (Å²) in [6, 6.07) is 111. The number of hydrogen-bond donors (Lipinski definition) is 0. The van der Waals surface area contributed by atoms with Crippen LogP contribution in [0.4, 0.5) is 85.3 Å². The summed E-state index contributed by atoms with van der Waals surface area (Å²) in [7, 11) is 6.15. The molecule has 0 unspecified atom stereocenters. The van der Waals surface area contributed by atoms with Crippen LogP contribution in [0.5, 0.6) is 0 Å². The quantitative estimate of drug-likeness (QED) is 0.101. The summed E-state index contributed by atoms with van der Waals surface area (Å²) in [5, 5.41) is 18.2. The molecule has 0 aliphatic rings. The molecule has 0 amide bonds. The van der Waals surface area contributed by atoms with E-state index in [1.807, 2.05) is 80.8 Å². The van der Waals surface area contributed by atoms with Gasteiger partial charge in [-0.15, -0.1) is 0 Å². The summed E-state index contributed by atoms with van der Waals surface area (Å²) in [4.78, 5) is 13.2. The van der Waals surface area contributed by atoms with Gasteiger partial charge in [0.05, 0.1) is 23.3 Å². The lowest BCUT2D eigenvalue weighted by Gasteiger charge is -2.27. The highest BCUT2D eigenvalue weighted by Crippen LogP contribution is 2.40. The van der Waals surface area contributed by atoms with Gasteiger partial charge in [0.15, 0.2) is 0 Å². The Morgan fingerprint density at radius 3 is 0.685 bits per heavy atom. The Labute approximate surface area is 526 Å². The molecular weight excluding hydrogens is 1080 g/mol. The first-order valence-corrected chi connectivity index (χ1v) is 29.8. The summed E-state index contributed by atoms with van der Waals surface area (Å²) in [6.45, 7) is 8.44. The van der Waals surface area contributed by atoms with Crippen molar-refractivity contribution in [3.8, 4) is 12.1 Å². The van der Waals surface area contributed by atoms with Crippen molar-refractivity contribution in [3.05, 3.63) is 343 Å². The zero-order chi connectivity index (χ0) is 62.1. The maximum atomic E-state index is 9.17. The van der Waals surface area contributed by atoms with Crippen molar-refractivity contribution < 1.29 is 0 Å². The molecule has 8 heteroatoms. The molecule has 0 bridgehead atoms. The zero-order valence-electron chi connectivity index (χ0n) is 51.5. The van der Waals surface area contributed by atoms with Crippen LogP contribution >= 0.6 is 0 Å². The highest BCUT2D eigenvalue weighted by Gasteiger charge is 2.17. The lowest BCUT2D eigenvalue weighted by molar-refractivity contribution is 1.20. The number of aryl methyl sites for hydroxylation is 4. The summed E-state index contributed by atoms with van der Waals surface area (Å²) >= 11 is 0. The van der Waals surface area contributed by atoms with E-state index >= 15 is 0 Å². The van der Waals surface area contributed by atoms with Gasteiger partial charge in [0.1, 0.15) is 0 Å². The second-order valence-electron chi connectivity index (χ2n) is 21.9. The van der Waals surface area contributed by atoms with Crippen molar-refractivity contribution in [3.63, 3.8) is 0 Å². The minimum absolute atomic E-state index is 0.658. The van der Waals surface area contributed by atoms with E-state index in [9.17, 15) is 5.26 Å². The molecule has 0 saturated carbocycles. The largest absolute Gasteiger partial charge is 0.345 e. The number of rotatable bonds is 15. The first-order valence-electron chi connectivity index (χ1n) is 29.8. The third kappa shape index (κ3) is 15.3. The van der Waals surface area contributed by atoms with Crippen LogP contribution < -0.4 is 29.4 Å². The molecular formula is C81H72N8. The number of nitrogens with zero attached hydrogens (tertiary/aromatic N) is 8. The smallest absolute Gasteiger partial charge is 0.0992 e. The molecule has 0 heterocycles. The van der Waals surface area contributed by atoms with Crippen LogP contribution in [0.1, 0.15) is 33.4 Å². The van der Waals surface area contributed by atoms with E-state index in [0.29, 0.717) is 11.1 Å². The van der Waals surface area contributed by atoms with E-state index in [2.05, 4.69) is 319 Å². The van der Waals surface area contributed by atoms with Crippen LogP contribution in [0, 0.1) is 50.4 Å². The Kier molecular flexibility index (Phi) is 19.7. The van der Waals surface area contributed by atoms with Crippen molar-refractivity contribution in [1.29, 1.82) is 10.5 Å². The Balaban J connectivity index is 0.000000147. The molecule has 0 aliphatic carbocycles. The van der Waals surface area contributed by atoms with Gasteiger partial charge < -0.3 is 29.4 Å². The average molecular weight is 1160 g/mol. The Hall–Kier alpha value is -11.6. The SMILES string of the molecule is Cc1ccc(N(c2ccc(C)cc2)c2ccc(N(C)c3ccccc3)cc2)cc1.Cc1ccc(N(c2ccccc2)c2ccc(N(C)c3ccc(C#N)cc3)cc2)cc1.Cc1ccc(N(c2ccccc2)c2ccc(N(C)c3cccc(C#N)c3)cc2)cc1. The van der Waals surface area contributed by atoms with E-state index in [1.165, 1.54) is 27.9 Å². The van der Waals surface area contributed by atoms with Crippen LogP contribution in [0.25, 0.3) is 0 Å². The van der Waals surface area contributed by atoms with Gasteiger partial charge in [-0.25, -0.2) is 0 Å². The van der Waals surface area contributed by atoms with E-state index in [-0.39, 0.29) is 0 Å². The van der Waals surface area contributed by atoms with E-state index in [4.69, 9.17) is 5.26 Å². The van der Waals surface area contributed by atoms with Gasteiger partial charge in [-0.1, -0.05) is 131 Å². The molecule has 0 N–H and O–H groups in total. The first-order chi connectivity index (χ1) is 43.4. The third-order valence-corrected chi connectivity index (χ3v) is 15.6. The molecule has 12 rings (SSSR count). The summed E-state index contributed by atoms with van der Waals surface area (Å²) in [5.41, 5.74) is 23.0.